The Bertz CT molecular complexity index is 1160. The molecule has 0 bridgehead atoms. The van der Waals surface area contributed by atoms with Crippen LogP contribution in [0.4, 0.5) is 11.6 Å². The van der Waals surface area contributed by atoms with Gasteiger partial charge in [0, 0.05) is 61.1 Å². The highest BCUT2D eigenvalue weighted by molar-refractivity contribution is 6.31. The van der Waals surface area contributed by atoms with Crippen molar-refractivity contribution in [2.24, 2.45) is 0 Å². The van der Waals surface area contributed by atoms with Gasteiger partial charge < -0.3 is 9.80 Å². The number of benzene rings is 2. The fraction of sp³-hybridized carbons (Fsp3) is 0.208. The maximum absolute atomic E-state index is 6.13. The van der Waals surface area contributed by atoms with E-state index in [4.69, 9.17) is 16.6 Å². The predicted octanol–water partition coefficient (Wildman–Crippen LogP) is 4.60. The fourth-order valence-electron chi connectivity index (χ4n) is 3.97. The maximum Gasteiger partial charge on any atom is 0.225 e. The molecule has 2 aromatic carbocycles. The van der Waals surface area contributed by atoms with Gasteiger partial charge in [0.15, 0.2) is 0 Å². The molecule has 2 aromatic heterocycles. The molecule has 5 nitrogen and oxygen atoms in total. The molecule has 0 N–H and O–H groups in total. The van der Waals surface area contributed by atoms with Gasteiger partial charge in [-0.15, -0.1) is 0 Å². The molecule has 1 aliphatic heterocycles. The Morgan fingerprint density at radius 3 is 2.40 bits per heavy atom. The van der Waals surface area contributed by atoms with Crippen LogP contribution in [0.5, 0.6) is 0 Å². The molecule has 0 atom stereocenters. The predicted molar refractivity (Wildman–Crippen MR) is 122 cm³/mol. The number of aromatic nitrogens is 3. The Balaban J connectivity index is 1.30. The Morgan fingerprint density at radius 2 is 1.57 bits per heavy atom. The Kier molecular flexibility index (Phi) is 5.20. The van der Waals surface area contributed by atoms with E-state index in [1.165, 1.54) is 11.3 Å². The second-order valence-electron chi connectivity index (χ2n) is 7.48. The number of hydrogen-bond acceptors (Lipinski definition) is 5. The minimum atomic E-state index is 0.713. The zero-order valence-corrected chi connectivity index (χ0v) is 17.3. The quantitative estimate of drug-likeness (QED) is 0.487. The molecule has 0 amide bonds. The summed E-state index contributed by atoms with van der Waals surface area (Å²) < 4.78 is 0. The van der Waals surface area contributed by atoms with Crippen LogP contribution in [0.3, 0.4) is 0 Å². The molecule has 0 radical (unpaired) electrons. The van der Waals surface area contributed by atoms with E-state index >= 15 is 0 Å². The fourth-order valence-corrected chi connectivity index (χ4v) is 4.14. The number of hydrogen-bond donors (Lipinski definition) is 0. The molecule has 3 heterocycles. The van der Waals surface area contributed by atoms with Crippen molar-refractivity contribution in [2.75, 3.05) is 36.0 Å². The lowest BCUT2D eigenvalue weighted by atomic mass is 10.1. The maximum atomic E-state index is 6.13. The van der Waals surface area contributed by atoms with Gasteiger partial charge in [0.1, 0.15) is 0 Å². The minimum Gasteiger partial charge on any atom is -0.367 e. The lowest BCUT2D eigenvalue weighted by Gasteiger charge is -2.36. The molecule has 0 spiro atoms. The van der Waals surface area contributed by atoms with E-state index in [1.54, 1.807) is 0 Å². The monoisotopic (exact) mass is 415 g/mol. The van der Waals surface area contributed by atoms with Crippen LogP contribution < -0.4 is 9.80 Å². The molecular formula is C24H22ClN5. The van der Waals surface area contributed by atoms with Crippen LogP contribution in [0, 0.1) is 0 Å². The number of fused-ring (bicyclic) bond motifs is 1. The van der Waals surface area contributed by atoms with Crippen LogP contribution in [0.2, 0.25) is 5.02 Å². The number of anilines is 2. The summed E-state index contributed by atoms with van der Waals surface area (Å²) in [5, 5.41) is 1.85. The van der Waals surface area contributed by atoms with Gasteiger partial charge in [-0.2, -0.15) is 0 Å². The van der Waals surface area contributed by atoms with Gasteiger partial charge in [0.25, 0.3) is 0 Å². The summed E-state index contributed by atoms with van der Waals surface area (Å²) >= 11 is 6.13. The average molecular weight is 416 g/mol. The highest BCUT2D eigenvalue weighted by Gasteiger charge is 2.21. The third kappa shape index (κ3) is 3.94. The van der Waals surface area contributed by atoms with Crippen molar-refractivity contribution in [2.45, 2.75) is 6.42 Å². The van der Waals surface area contributed by atoms with Crippen molar-refractivity contribution in [1.29, 1.82) is 0 Å². The van der Waals surface area contributed by atoms with Crippen LogP contribution in [-0.4, -0.2) is 41.1 Å². The van der Waals surface area contributed by atoms with Gasteiger partial charge in [0.2, 0.25) is 5.95 Å². The molecule has 6 heteroatoms. The number of nitrogens with zero attached hydrogens (tertiary/aromatic N) is 5. The molecule has 0 unspecified atom stereocenters. The number of piperazine rings is 1. The van der Waals surface area contributed by atoms with Gasteiger partial charge in [-0.25, -0.2) is 9.97 Å². The van der Waals surface area contributed by atoms with Crippen LogP contribution in [0.25, 0.3) is 10.9 Å². The van der Waals surface area contributed by atoms with E-state index in [-0.39, 0.29) is 0 Å². The summed E-state index contributed by atoms with van der Waals surface area (Å²) in [6.45, 7) is 3.58. The van der Waals surface area contributed by atoms with E-state index in [1.807, 2.05) is 36.7 Å². The summed E-state index contributed by atoms with van der Waals surface area (Å²) in [4.78, 5) is 18.5. The summed E-state index contributed by atoms with van der Waals surface area (Å²) in [6, 6.07) is 20.4. The Labute approximate surface area is 181 Å². The number of halogens is 1. The largest absolute Gasteiger partial charge is 0.367 e. The summed E-state index contributed by atoms with van der Waals surface area (Å²) in [6.07, 6.45) is 4.55. The molecule has 30 heavy (non-hydrogen) atoms. The Morgan fingerprint density at radius 1 is 0.800 bits per heavy atom. The van der Waals surface area contributed by atoms with E-state index in [0.717, 1.165) is 55.1 Å². The summed E-state index contributed by atoms with van der Waals surface area (Å²) in [7, 11) is 0. The second-order valence-corrected chi connectivity index (χ2v) is 7.91. The van der Waals surface area contributed by atoms with Gasteiger partial charge >= 0.3 is 0 Å². The standard InChI is InChI=1S/C24H22ClN5/c25-19-6-7-21-22(17-19)26-11-9-23(21)29-12-14-30(15-13-29)24-27-10-8-20(28-24)16-18-4-2-1-3-5-18/h1-11,17H,12-16H2. The highest BCUT2D eigenvalue weighted by Crippen LogP contribution is 2.28. The van der Waals surface area contributed by atoms with E-state index in [2.05, 4.69) is 56.2 Å². The van der Waals surface area contributed by atoms with Gasteiger partial charge in [-0.3, -0.25) is 4.98 Å². The first-order valence-electron chi connectivity index (χ1n) is 10.2. The van der Waals surface area contributed by atoms with Crippen molar-refractivity contribution in [3.05, 3.63) is 89.3 Å². The summed E-state index contributed by atoms with van der Waals surface area (Å²) in [5.74, 6) is 0.814. The molecule has 0 saturated carbocycles. The molecule has 150 valence electrons. The average Bonchev–Trinajstić information content (AvgIpc) is 2.79. The second kappa shape index (κ2) is 8.28. The highest BCUT2D eigenvalue weighted by atomic mass is 35.5. The Hall–Kier alpha value is -3.18. The first-order chi connectivity index (χ1) is 14.8. The molecule has 4 aromatic rings. The lowest BCUT2D eigenvalue weighted by Crippen LogP contribution is -2.47. The molecular weight excluding hydrogens is 394 g/mol. The van der Waals surface area contributed by atoms with Crippen molar-refractivity contribution in [3.8, 4) is 0 Å². The van der Waals surface area contributed by atoms with E-state index in [9.17, 15) is 0 Å². The molecule has 5 rings (SSSR count). The molecule has 1 aliphatic rings. The smallest absolute Gasteiger partial charge is 0.225 e. The molecule has 0 aliphatic carbocycles. The third-order valence-electron chi connectivity index (χ3n) is 5.51. The van der Waals surface area contributed by atoms with Crippen molar-refractivity contribution in [1.82, 2.24) is 15.0 Å². The van der Waals surface area contributed by atoms with Crippen LogP contribution in [0.1, 0.15) is 11.3 Å². The first-order valence-corrected chi connectivity index (χ1v) is 10.5. The number of pyridine rings is 1. The van der Waals surface area contributed by atoms with Crippen LogP contribution >= 0.6 is 11.6 Å². The summed E-state index contributed by atoms with van der Waals surface area (Å²) in [5.41, 5.74) is 4.44. The zero-order valence-electron chi connectivity index (χ0n) is 16.6. The topological polar surface area (TPSA) is 45.2 Å². The minimum absolute atomic E-state index is 0.713. The van der Waals surface area contributed by atoms with E-state index < -0.39 is 0 Å². The zero-order chi connectivity index (χ0) is 20.3. The van der Waals surface area contributed by atoms with Crippen LogP contribution in [0.15, 0.2) is 73.1 Å². The first kappa shape index (κ1) is 18.8. The van der Waals surface area contributed by atoms with Crippen molar-refractivity contribution >= 4 is 34.1 Å². The lowest BCUT2D eigenvalue weighted by molar-refractivity contribution is 0.640. The number of rotatable bonds is 4. The molecule has 1 saturated heterocycles. The van der Waals surface area contributed by atoms with Crippen LogP contribution in [-0.2, 0) is 6.42 Å². The van der Waals surface area contributed by atoms with Gasteiger partial charge in [-0.05, 0) is 35.9 Å². The molecule has 1 fully saturated rings. The SMILES string of the molecule is Clc1ccc2c(N3CCN(c4nccc(Cc5ccccc5)n4)CC3)ccnc2c1. The van der Waals surface area contributed by atoms with Gasteiger partial charge in [-0.1, -0.05) is 41.9 Å². The van der Waals surface area contributed by atoms with Crippen molar-refractivity contribution < 1.29 is 0 Å². The third-order valence-corrected chi connectivity index (χ3v) is 5.75. The normalized spacial score (nSPS) is 14.3. The van der Waals surface area contributed by atoms with Crippen molar-refractivity contribution in [3.63, 3.8) is 0 Å². The van der Waals surface area contributed by atoms with Gasteiger partial charge in [0.05, 0.1) is 11.2 Å². The van der Waals surface area contributed by atoms with E-state index in [0.29, 0.717) is 5.02 Å².